The average Bonchev–Trinajstić information content (AvgIpc) is 2.55. The van der Waals surface area contributed by atoms with E-state index in [0.29, 0.717) is 22.7 Å². The molecule has 2 heterocycles. The first-order chi connectivity index (χ1) is 11.5. The van der Waals surface area contributed by atoms with Crippen LogP contribution in [0.1, 0.15) is 12.5 Å². The lowest BCUT2D eigenvalue weighted by molar-refractivity contribution is 0.118. The Hall–Kier alpha value is -0.780. The summed E-state index contributed by atoms with van der Waals surface area (Å²) < 4.78 is 5.79. The first-order valence-corrected chi connectivity index (χ1v) is 9.23. The molecule has 0 aliphatic carbocycles. The van der Waals surface area contributed by atoms with E-state index in [1.807, 2.05) is 6.07 Å². The van der Waals surface area contributed by atoms with Crippen molar-refractivity contribution >= 4 is 29.3 Å². The molecule has 0 spiro atoms. The number of halogens is 2. The summed E-state index contributed by atoms with van der Waals surface area (Å²) in [7, 11) is 2.19. The van der Waals surface area contributed by atoms with Crippen LogP contribution in [0.4, 0.5) is 0 Å². The number of likely N-dealkylation sites (N-methyl/N-ethyl adjacent to an activating group) is 1. The summed E-state index contributed by atoms with van der Waals surface area (Å²) in [4.78, 5) is 4.93. The van der Waals surface area contributed by atoms with E-state index in [1.165, 1.54) is 5.57 Å². The molecule has 3 rings (SSSR count). The molecule has 1 aromatic rings. The summed E-state index contributed by atoms with van der Waals surface area (Å²) in [5, 5.41) is 4.76. The number of fused-ring (bicyclic) bond motifs is 1. The van der Waals surface area contributed by atoms with E-state index in [1.54, 1.807) is 6.07 Å². The zero-order valence-electron chi connectivity index (χ0n) is 14.3. The summed E-state index contributed by atoms with van der Waals surface area (Å²) in [5.41, 5.74) is 2.18. The molecule has 1 fully saturated rings. The predicted molar refractivity (Wildman–Crippen MR) is 101 cm³/mol. The third-order valence-corrected chi connectivity index (χ3v) is 5.25. The van der Waals surface area contributed by atoms with Crippen molar-refractivity contribution in [1.82, 2.24) is 15.1 Å². The van der Waals surface area contributed by atoms with E-state index in [-0.39, 0.29) is 0 Å². The van der Waals surface area contributed by atoms with Crippen LogP contribution in [-0.2, 0) is 0 Å². The van der Waals surface area contributed by atoms with Gasteiger partial charge in [0.2, 0.25) is 0 Å². The number of rotatable bonds is 5. The quantitative estimate of drug-likeness (QED) is 0.863. The van der Waals surface area contributed by atoms with Crippen LogP contribution >= 0.6 is 23.2 Å². The molecule has 24 heavy (non-hydrogen) atoms. The summed E-state index contributed by atoms with van der Waals surface area (Å²) in [6.07, 6.45) is 2.13. The Morgan fingerprint density at radius 3 is 2.71 bits per heavy atom. The fourth-order valence-electron chi connectivity index (χ4n) is 3.20. The topological polar surface area (TPSA) is 27.7 Å². The van der Waals surface area contributed by atoms with E-state index in [4.69, 9.17) is 27.9 Å². The molecule has 4 nitrogen and oxygen atoms in total. The van der Waals surface area contributed by atoms with Gasteiger partial charge >= 0.3 is 0 Å². The minimum atomic E-state index is 0.542. The number of nitrogens with zero attached hydrogens (tertiary/aromatic N) is 2. The molecule has 2 aliphatic rings. The van der Waals surface area contributed by atoms with Crippen LogP contribution in [0.25, 0.3) is 6.08 Å². The largest absolute Gasteiger partial charge is 0.487 e. The first-order valence-electron chi connectivity index (χ1n) is 8.47. The van der Waals surface area contributed by atoms with Gasteiger partial charge < -0.3 is 15.0 Å². The number of benzene rings is 1. The number of ether oxygens (including phenoxy) is 1. The third-order valence-electron chi connectivity index (χ3n) is 4.75. The van der Waals surface area contributed by atoms with Gasteiger partial charge in [0, 0.05) is 55.9 Å². The van der Waals surface area contributed by atoms with Crippen LogP contribution in [0, 0.1) is 0 Å². The van der Waals surface area contributed by atoms with Crippen LogP contribution in [0.15, 0.2) is 17.7 Å². The lowest BCUT2D eigenvalue weighted by Gasteiger charge is -2.36. The van der Waals surface area contributed by atoms with Gasteiger partial charge in [0.15, 0.2) is 0 Å². The van der Waals surface area contributed by atoms with Crippen molar-refractivity contribution in [2.24, 2.45) is 0 Å². The Balaban J connectivity index is 1.51. The van der Waals surface area contributed by atoms with Gasteiger partial charge in [0.05, 0.1) is 5.02 Å². The molecular formula is C18H25Cl2N3O. The Bertz CT molecular complexity index is 613. The summed E-state index contributed by atoms with van der Waals surface area (Å²) in [5.74, 6) is 0.732. The first kappa shape index (κ1) is 18.0. The van der Waals surface area contributed by atoms with Gasteiger partial charge in [-0.25, -0.2) is 0 Å². The monoisotopic (exact) mass is 369 g/mol. The molecule has 0 bridgehead atoms. The fraction of sp³-hybridized carbons (Fsp3) is 0.556. The minimum Gasteiger partial charge on any atom is -0.487 e. The molecule has 1 unspecified atom stereocenters. The van der Waals surface area contributed by atoms with E-state index in [0.717, 1.165) is 50.6 Å². The van der Waals surface area contributed by atoms with Gasteiger partial charge in [-0.3, -0.25) is 4.90 Å². The number of piperazine rings is 1. The van der Waals surface area contributed by atoms with E-state index < -0.39 is 0 Å². The van der Waals surface area contributed by atoms with Gasteiger partial charge in [-0.2, -0.15) is 0 Å². The average molecular weight is 370 g/mol. The third kappa shape index (κ3) is 4.44. The SMILES string of the molecule is CC(CNCC1=Cc2cc(Cl)cc(Cl)c2OC1)N1CCN(C)CC1. The molecule has 1 N–H and O–H groups in total. The predicted octanol–water partition coefficient (Wildman–Crippen LogP) is 2.99. The Kier molecular flexibility index (Phi) is 6.06. The fourth-order valence-corrected chi connectivity index (χ4v) is 3.77. The van der Waals surface area contributed by atoms with Gasteiger partial charge in [0.1, 0.15) is 12.4 Å². The highest BCUT2D eigenvalue weighted by Crippen LogP contribution is 2.36. The van der Waals surface area contributed by atoms with Crippen LogP contribution in [0.5, 0.6) is 5.75 Å². The Morgan fingerprint density at radius 1 is 1.21 bits per heavy atom. The highest BCUT2D eigenvalue weighted by molar-refractivity contribution is 6.36. The summed E-state index contributed by atoms with van der Waals surface area (Å²) in [6.45, 7) is 9.27. The summed E-state index contributed by atoms with van der Waals surface area (Å²) >= 11 is 12.3. The zero-order valence-corrected chi connectivity index (χ0v) is 15.8. The van der Waals surface area contributed by atoms with E-state index in [9.17, 15) is 0 Å². The maximum atomic E-state index is 6.17. The van der Waals surface area contributed by atoms with Crippen molar-refractivity contribution < 1.29 is 4.74 Å². The second-order valence-electron chi connectivity index (χ2n) is 6.72. The smallest absolute Gasteiger partial charge is 0.145 e. The van der Waals surface area contributed by atoms with Crippen molar-refractivity contribution in [3.05, 3.63) is 33.3 Å². The normalized spacial score (nSPS) is 20.2. The molecule has 1 aromatic carbocycles. The number of hydrogen-bond donors (Lipinski definition) is 1. The van der Waals surface area contributed by atoms with E-state index in [2.05, 4.69) is 35.2 Å². The van der Waals surface area contributed by atoms with Gasteiger partial charge in [-0.05, 0) is 37.8 Å². The standard InChI is InChI=1S/C18H25Cl2N3O/c1-13(23-5-3-22(2)4-6-23)10-21-11-14-7-15-8-16(19)9-17(20)18(15)24-12-14/h7-9,13,21H,3-6,10-12H2,1-2H3. The molecule has 1 saturated heterocycles. The Labute approximate surface area is 154 Å². The second-order valence-corrected chi connectivity index (χ2v) is 7.56. The molecule has 2 aliphatic heterocycles. The van der Waals surface area contributed by atoms with Crippen molar-refractivity contribution in [2.45, 2.75) is 13.0 Å². The maximum Gasteiger partial charge on any atom is 0.145 e. The van der Waals surface area contributed by atoms with Crippen LogP contribution < -0.4 is 10.1 Å². The molecule has 1 atom stereocenters. The molecule has 0 radical (unpaired) electrons. The number of hydrogen-bond acceptors (Lipinski definition) is 4. The van der Waals surface area contributed by atoms with Crippen LogP contribution in [0.2, 0.25) is 10.0 Å². The molecule has 6 heteroatoms. The molecule has 0 amide bonds. The lowest BCUT2D eigenvalue weighted by atomic mass is 10.1. The highest BCUT2D eigenvalue weighted by atomic mass is 35.5. The van der Waals surface area contributed by atoms with E-state index >= 15 is 0 Å². The molecule has 0 saturated carbocycles. The van der Waals surface area contributed by atoms with Crippen LogP contribution in [0.3, 0.4) is 0 Å². The lowest BCUT2D eigenvalue weighted by Crippen LogP contribution is -2.50. The van der Waals surface area contributed by atoms with Gasteiger partial charge in [-0.15, -0.1) is 0 Å². The maximum absolute atomic E-state index is 6.17. The molecular weight excluding hydrogens is 345 g/mol. The Morgan fingerprint density at radius 2 is 1.96 bits per heavy atom. The van der Waals surface area contributed by atoms with Gasteiger partial charge in [-0.1, -0.05) is 23.2 Å². The zero-order chi connectivity index (χ0) is 17.1. The molecule has 0 aromatic heterocycles. The van der Waals surface area contributed by atoms with Crippen LogP contribution in [-0.4, -0.2) is 68.8 Å². The van der Waals surface area contributed by atoms with Gasteiger partial charge in [0.25, 0.3) is 0 Å². The highest BCUT2D eigenvalue weighted by Gasteiger charge is 2.19. The van der Waals surface area contributed by atoms with Crippen molar-refractivity contribution in [3.8, 4) is 5.75 Å². The summed E-state index contributed by atoms with van der Waals surface area (Å²) in [6, 6.07) is 4.16. The van der Waals surface area contributed by atoms with Crippen molar-refractivity contribution in [2.75, 3.05) is 52.9 Å². The molecule has 132 valence electrons. The van der Waals surface area contributed by atoms with Crippen molar-refractivity contribution in [1.29, 1.82) is 0 Å². The second kappa shape index (κ2) is 8.07. The number of nitrogens with one attached hydrogen (secondary N) is 1. The minimum absolute atomic E-state index is 0.542. The van der Waals surface area contributed by atoms with Crippen molar-refractivity contribution in [3.63, 3.8) is 0 Å².